The second-order valence-electron chi connectivity index (χ2n) is 6.20. The van der Waals surface area contributed by atoms with Crippen LogP contribution >= 0.6 is 0 Å². The van der Waals surface area contributed by atoms with Gasteiger partial charge < -0.3 is 20.1 Å². The minimum absolute atomic E-state index is 0.0296. The molecule has 2 atom stereocenters. The summed E-state index contributed by atoms with van der Waals surface area (Å²) in [6.45, 7) is 6.96. The van der Waals surface area contributed by atoms with Crippen molar-refractivity contribution in [2.24, 2.45) is 5.73 Å². The summed E-state index contributed by atoms with van der Waals surface area (Å²) < 4.78 is 11.3. The van der Waals surface area contributed by atoms with Crippen molar-refractivity contribution in [3.05, 3.63) is 36.7 Å². The van der Waals surface area contributed by atoms with E-state index in [0.717, 1.165) is 43.1 Å². The maximum Gasteiger partial charge on any atom is 0.213 e. The monoisotopic (exact) mass is 342 g/mol. The van der Waals surface area contributed by atoms with Crippen LogP contribution in [0, 0.1) is 0 Å². The number of nitrogens with two attached hydrogens (primary N) is 1. The normalized spacial score (nSPS) is 20.0. The third-order valence-electron chi connectivity index (χ3n) is 4.28. The molecule has 1 aliphatic heterocycles. The highest BCUT2D eigenvalue weighted by atomic mass is 16.5. The number of rotatable bonds is 7. The molecule has 1 aliphatic rings. The molecular formula is C19H26N4O2. The predicted molar refractivity (Wildman–Crippen MR) is 98.9 cm³/mol. The lowest BCUT2D eigenvalue weighted by Crippen LogP contribution is -2.35. The summed E-state index contributed by atoms with van der Waals surface area (Å²) >= 11 is 0. The van der Waals surface area contributed by atoms with Crippen LogP contribution in [-0.2, 0) is 4.74 Å². The summed E-state index contributed by atoms with van der Waals surface area (Å²) in [5.41, 5.74) is 8.28. The van der Waals surface area contributed by atoms with Gasteiger partial charge in [0.2, 0.25) is 5.88 Å². The molecule has 1 saturated heterocycles. The number of anilines is 1. The van der Waals surface area contributed by atoms with Gasteiger partial charge in [-0.2, -0.15) is 0 Å². The van der Waals surface area contributed by atoms with Crippen molar-refractivity contribution in [1.29, 1.82) is 0 Å². The fourth-order valence-corrected chi connectivity index (χ4v) is 2.99. The van der Waals surface area contributed by atoms with Gasteiger partial charge in [0.15, 0.2) is 0 Å². The van der Waals surface area contributed by atoms with E-state index in [2.05, 4.69) is 27.9 Å². The van der Waals surface area contributed by atoms with Gasteiger partial charge in [-0.15, -0.1) is 0 Å². The minimum atomic E-state index is 0.0296. The van der Waals surface area contributed by atoms with Crippen molar-refractivity contribution in [2.75, 3.05) is 31.2 Å². The first-order valence-electron chi connectivity index (χ1n) is 8.88. The van der Waals surface area contributed by atoms with Gasteiger partial charge in [-0.05, 0) is 37.1 Å². The summed E-state index contributed by atoms with van der Waals surface area (Å²) in [4.78, 5) is 11.0. The van der Waals surface area contributed by atoms with E-state index in [1.165, 1.54) is 0 Å². The number of nitrogens with zero attached hydrogens (tertiary/aromatic N) is 3. The number of pyridine rings is 2. The first kappa shape index (κ1) is 17.6. The Labute approximate surface area is 149 Å². The summed E-state index contributed by atoms with van der Waals surface area (Å²) in [6, 6.07) is 8.02. The van der Waals surface area contributed by atoms with E-state index in [-0.39, 0.29) is 12.1 Å². The Hall–Kier alpha value is -2.18. The Bertz CT molecular complexity index is 677. The lowest BCUT2D eigenvalue weighted by molar-refractivity contribution is 0.0586. The molecule has 3 rings (SSSR count). The first-order valence-corrected chi connectivity index (χ1v) is 8.88. The van der Waals surface area contributed by atoms with E-state index in [0.29, 0.717) is 12.5 Å². The zero-order valence-electron chi connectivity index (χ0n) is 14.9. The van der Waals surface area contributed by atoms with Crippen LogP contribution in [0.2, 0.25) is 0 Å². The van der Waals surface area contributed by atoms with E-state index in [4.69, 9.17) is 15.2 Å². The van der Waals surface area contributed by atoms with Gasteiger partial charge in [-0.1, -0.05) is 6.92 Å². The summed E-state index contributed by atoms with van der Waals surface area (Å²) in [7, 11) is 0. The van der Waals surface area contributed by atoms with Crippen LogP contribution < -0.4 is 15.4 Å². The summed E-state index contributed by atoms with van der Waals surface area (Å²) in [6.07, 6.45) is 4.72. The lowest BCUT2D eigenvalue weighted by atomic mass is 10.1. The molecule has 0 aromatic carbocycles. The van der Waals surface area contributed by atoms with Gasteiger partial charge in [0.05, 0.1) is 18.8 Å². The zero-order valence-corrected chi connectivity index (χ0v) is 14.9. The number of hydrogen-bond donors (Lipinski definition) is 1. The molecule has 25 heavy (non-hydrogen) atoms. The summed E-state index contributed by atoms with van der Waals surface area (Å²) in [5.74, 6) is 1.56. The third kappa shape index (κ3) is 4.27. The molecule has 0 bridgehead atoms. The van der Waals surface area contributed by atoms with E-state index in [1.807, 2.05) is 31.3 Å². The van der Waals surface area contributed by atoms with Crippen LogP contribution in [-0.4, -0.2) is 48.4 Å². The second kappa shape index (κ2) is 8.27. The van der Waals surface area contributed by atoms with E-state index in [9.17, 15) is 0 Å². The fraction of sp³-hybridized carbons (Fsp3) is 0.474. The van der Waals surface area contributed by atoms with Crippen molar-refractivity contribution >= 4 is 5.82 Å². The Kier molecular flexibility index (Phi) is 5.83. The average Bonchev–Trinajstić information content (AvgIpc) is 3.01. The van der Waals surface area contributed by atoms with Crippen LogP contribution in [0.25, 0.3) is 11.1 Å². The molecule has 0 amide bonds. The molecule has 6 nitrogen and oxygen atoms in total. The zero-order chi connectivity index (χ0) is 17.6. The van der Waals surface area contributed by atoms with Crippen LogP contribution in [0.1, 0.15) is 20.3 Å². The fourth-order valence-electron chi connectivity index (χ4n) is 2.99. The van der Waals surface area contributed by atoms with Gasteiger partial charge in [-0.3, -0.25) is 0 Å². The van der Waals surface area contributed by atoms with Gasteiger partial charge in [0.1, 0.15) is 5.82 Å². The number of ether oxygens (including phenoxy) is 2. The van der Waals surface area contributed by atoms with E-state index in [1.54, 1.807) is 6.20 Å². The van der Waals surface area contributed by atoms with Crippen molar-refractivity contribution < 1.29 is 9.47 Å². The van der Waals surface area contributed by atoms with Crippen molar-refractivity contribution in [1.82, 2.24) is 9.97 Å². The smallest absolute Gasteiger partial charge is 0.213 e. The molecule has 0 aliphatic carbocycles. The van der Waals surface area contributed by atoms with Crippen LogP contribution in [0.5, 0.6) is 5.88 Å². The third-order valence-corrected chi connectivity index (χ3v) is 4.28. The van der Waals surface area contributed by atoms with Crippen molar-refractivity contribution in [3.63, 3.8) is 0 Å². The quantitative estimate of drug-likeness (QED) is 0.833. The Balaban J connectivity index is 1.69. The Morgan fingerprint density at radius 1 is 1.16 bits per heavy atom. The Morgan fingerprint density at radius 2 is 2.04 bits per heavy atom. The van der Waals surface area contributed by atoms with Crippen LogP contribution in [0.15, 0.2) is 36.7 Å². The molecule has 3 heterocycles. The van der Waals surface area contributed by atoms with Crippen LogP contribution in [0.4, 0.5) is 5.82 Å². The van der Waals surface area contributed by atoms with E-state index < -0.39 is 0 Å². The van der Waals surface area contributed by atoms with Crippen LogP contribution in [0.3, 0.4) is 0 Å². The standard InChI is InChI=1S/C19H26N4O2/c1-3-9-25-17-13-23(12-16(17)20)18-6-5-15(11-22-18)14-7-8-21-19(10-14)24-4-2/h5-8,10-11,16-17H,3-4,9,12-13,20H2,1-2H3/t16-,17-/m1/s1. The van der Waals surface area contributed by atoms with Gasteiger partial charge >= 0.3 is 0 Å². The topological polar surface area (TPSA) is 73.5 Å². The van der Waals surface area contributed by atoms with Gasteiger partial charge in [0, 0.05) is 43.7 Å². The molecule has 0 spiro atoms. The molecule has 0 unspecified atom stereocenters. The lowest BCUT2D eigenvalue weighted by Gasteiger charge is -2.17. The van der Waals surface area contributed by atoms with Gasteiger partial charge in [0.25, 0.3) is 0 Å². The molecule has 6 heteroatoms. The highest BCUT2D eigenvalue weighted by Crippen LogP contribution is 2.25. The molecule has 134 valence electrons. The predicted octanol–water partition coefficient (Wildman–Crippen LogP) is 2.48. The highest BCUT2D eigenvalue weighted by Gasteiger charge is 2.31. The minimum Gasteiger partial charge on any atom is -0.478 e. The highest BCUT2D eigenvalue weighted by molar-refractivity contribution is 5.64. The molecule has 2 N–H and O–H groups in total. The molecule has 2 aromatic heterocycles. The molecule has 2 aromatic rings. The Morgan fingerprint density at radius 3 is 2.76 bits per heavy atom. The van der Waals surface area contributed by atoms with Gasteiger partial charge in [-0.25, -0.2) is 9.97 Å². The maximum atomic E-state index is 6.20. The largest absolute Gasteiger partial charge is 0.478 e. The molecule has 0 radical (unpaired) electrons. The van der Waals surface area contributed by atoms with Crippen molar-refractivity contribution in [3.8, 4) is 17.0 Å². The molecular weight excluding hydrogens is 316 g/mol. The number of hydrogen-bond acceptors (Lipinski definition) is 6. The SMILES string of the molecule is CCCO[C@@H]1CN(c2ccc(-c3ccnc(OCC)c3)cn2)C[C@H]1N. The second-order valence-corrected chi connectivity index (χ2v) is 6.20. The average molecular weight is 342 g/mol. The molecule has 0 saturated carbocycles. The molecule has 1 fully saturated rings. The number of aromatic nitrogens is 2. The summed E-state index contributed by atoms with van der Waals surface area (Å²) in [5, 5.41) is 0. The van der Waals surface area contributed by atoms with E-state index >= 15 is 0 Å². The first-order chi connectivity index (χ1) is 12.2. The maximum absolute atomic E-state index is 6.20. The van der Waals surface area contributed by atoms with Crippen molar-refractivity contribution in [2.45, 2.75) is 32.4 Å².